The van der Waals surface area contributed by atoms with Crippen molar-refractivity contribution < 1.29 is 0 Å². The van der Waals surface area contributed by atoms with Crippen molar-refractivity contribution in [2.24, 2.45) is 5.92 Å². The molecular formula is C18H27N7S. The summed E-state index contributed by atoms with van der Waals surface area (Å²) in [5.74, 6) is 1.62. The summed E-state index contributed by atoms with van der Waals surface area (Å²) >= 11 is 1.66. The maximum atomic E-state index is 4.82. The lowest BCUT2D eigenvalue weighted by molar-refractivity contribution is 0.487. The van der Waals surface area contributed by atoms with Crippen molar-refractivity contribution in [1.29, 1.82) is 0 Å². The molecule has 1 atom stereocenters. The van der Waals surface area contributed by atoms with Crippen LogP contribution in [0.15, 0.2) is 12.5 Å². The molecule has 1 unspecified atom stereocenters. The molecule has 7 nitrogen and oxygen atoms in total. The highest BCUT2D eigenvalue weighted by Gasteiger charge is 2.32. The molecule has 1 fully saturated rings. The predicted molar refractivity (Wildman–Crippen MR) is 104 cm³/mol. The van der Waals surface area contributed by atoms with E-state index in [2.05, 4.69) is 60.5 Å². The van der Waals surface area contributed by atoms with Gasteiger partial charge in [-0.1, -0.05) is 46.0 Å². The second-order valence-corrected chi connectivity index (χ2v) is 9.51. The Hall–Kier alpha value is -1.96. The van der Waals surface area contributed by atoms with Crippen molar-refractivity contribution in [1.82, 2.24) is 29.4 Å². The average molecular weight is 374 g/mol. The minimum absolute atomic E-state index is 0.0387. The molecule has 3 aromatic rings. The van der Waals surface area contributed by atoms with Gasteiger partial charge in [0.2, 0.25) is 10.1 Å². The fraction of sp³-hybridized carbons (Fsp3) is 0.667. The second-order valence-electron chi connectivity index (χ2n) is 8.57. The summed E-state index contributed by atoms with van der Waals surface area (Å²) < 4.78 is 4.12. The first-order valence-corrected chi connectivity index (χ1v) is 10.2. The number of hydrogen-bond donors (Lipinski definition) is 0. The van der Waals surface area contributed by atoms with E-state index in [1.54, 1.807) is 11.3 Å². The molecule has 4 heterocycles. The van der Waals surface area contributed by atoms with Crippen LogP contribution in [0.1, 0.15) is 65.0 Å². The Morgan fingerprint density at radius 2 is 2.12 bits per heavy atom. The lowest BCUT2D eigenvalue weighted by Gasteiger charge is -2.23. The van der Waals surface area contributed by atoms with Crippen LogP contribution in [0.5, 0.6) is 0 Å². The highest BCUT2D eigenvalue weighted by atomic mass is 32.1. The largest absolute Gasteiger partial charge is 0.336 e. The molecule has 0 bridgehead atoms. The Morgan fingerprint density at radius 1 is 1.31 bits per heavy atom. The van der Waals surface area contributed by atoms with Gasteiger partial charge in [-0.2, -0.15) is 0 Å². The van der Waals surface area contributed by atoms with Gasteiger partial charge in [-0.25, -0.2) is 9.50 Å². The van der Waals surface area contributed by atoms with Gasteiger partial charge < -0.3 is 9.47 Å². The third-order valence-corrected chi connectivity index (χ3v) is 5.76. The molecular weight excluding hydrogens is 346 g/mol. The Bertz CT molecular complexity index is 867. The summed E-state index contributed by atoms with van der Waals surface area (Å²) in [5, 5.41) is 14.5. The third-order valence-electron chi connectivity index (χ3n) is 4.80. The monoisotopic (exact) mass is 373 g/mol. The highest BCUT2D eigenvalue weighted by Crippen LogP contribution is 2.38. The van der Waals surface area contributed by atoms with E-state index in [1.807, 2.05) is 10.8 Å². The zero-order valence-electron chi connectivity index (χ0n) is 16.2. The van der Waals surface area contributed by atoms with Gasteiger partial charge in [0.25, 0.3) is 0 Å². The van der Waals surface area contributed by atoms with E-state index in [0.29, 0.717) is 5.92 Å². The van der Waals surface area contributed by atoms with Crippen molar-refractivity contribution >= 4 is 21.4 Å². The first-order chi connectivity index (χ1) is 12.3. The van der Waals surface area contributed by atoms with Crippen LogP contribution in [0.4, 0.5) is 5.13 Å². The fourth-order valence-corrected chi connectivity index (χ4v) is 4.45. The van der Waals surface area contributed by atoms with Gasteiger partial charge in [0.05, 0.1) is 17.9 Å². The van der Waals surface area contributed by atoms with Crippen LogP contribution in [-0.2, 0) is 12.0 Å². The minimum atomic E-state index is 0.0387. The van der Waals surface area contributed by atoms with Crippen molar-refractivity contribution in [3.63, 3.8) is 0 Å². The van der Waals surface area contributed by atoms with E-state index < -0.39 is 0 Å². The summed E-state index contributed by atoms with van der Waals surface area (Å²) in [4.78, 5) is 8.11. The summed E-state index contributed by atoms with van der Waals surface area (Å²) in [6.07, 6.45) is 6.15. The van der Waals surface area contributed by atoms with Crippen LogP contribution in [0.3, 0.4) is 0 Å². The third kappa shape index (κ3) is 3.11. The Kier molecular flexibility index (Phi) is 4.25. The molecule has 26 heavy (non-hydrogen) atoms. The van der Waals surface area contributed by atoms with E-state index in [1.165, 1.54) is 0 Å². The number of rotatable bonds is 4. The van der Waals surface area contributed by atoms with E-state index >= 15 is 0 Å². The molecule has 0 spiro atoms. The summed E-state index contributed by atoms with van der Waals surface area (Å²) in [6.45, 7) is 12.9. The molecule has 0 radical (unpaired) electrons. The summed E-state index contributed by atoms with van der Waals surface area (Å²) in [7, 11) is 0. The summed E-state index contributed by atoms with van der Waals surface area (Å²) in [6, 6.07) is 0.245. The van der Waals surface area contributed by atoms with Gasteiger partial charge in [0.1, 0.15) is 6.33 Å². The van der Waals surface area contributed by atoms with Gasteiger partial charge in [0, 0.05) is 18.5 Å². The minimum Gasteiger partial charge on any atom is -0.336 e. The van der Waals surface area contributed by atoms with Gasteiger partial charge in [-0.15, -0.1) is 15.3 Å². The van der Waals surface area contributed by atoms with Crippen LogP contribution in [0, 0.1) is 5.92 Å². The maximum Gasteiger partial charge on any atom is 0.214 e. The SMILES string of the molecule is CC(C)Cn1cnnc1C1CCCN1c1nn2cc(C(C)(C)C)nc2s1. The molecule has 1 aliphatic heterocycles. The number of anilines is 1. The van der Waals surface area contributed by atoms with Crippen LogP contribution >= 0.6 is 11.3 Å². The van der Waals surface area contributed by atoms with E-state index in [4.69, 9.17) is 10.1 Å². The van der Waals surface area contributed by atoms with Gasteiger partial charge in [-0.05, 0) is 18.8 Å². The lowest BCUT2D eigenvalue weighted by Crippen LogP contribution is -2.25. The van der Waals surface area contributed by atoms with Crippen molar-refractivity contribution in [3.8, 4) is 0 Å². The molecule has 1 aliphatic rings. The van der Waals surface area contributed by atoms with Crippen LogP contribution < -0.4 is 4.90 Å². The molecule has 0 saturated carbocycles. The van der Waals surface area contributed by atoms with E-state index in [-0.39, 0.29) is 11.5 Å². The smallest absolute Gasteiger partial charge is 0.214 e. The number of fused-ring (bicyclic) bond motifs is 1. The maximum absolute atomic E-state index is 4.82. The first-order valence-electron chi connectivity index (χ1n) is 9.34. The quantitative estimate of drug-likeness (QED) is 0.698. The van der Waals surface area contributed by atoms with Crippen LogP contribution in [0.2, 0.25) is 0 Å². The molecule has 4 rings (SSSR count). The van der Waals surface area contributed by atoms with Crippen molar-refractivity contribution in [2.45, 2.75) is 65.5 Å². The number of imidazole rings is 1. The lowest BCUT2D eigenvalue weighted by atomic mass is 9.93. The molecule has 3 aromatic heterocycles. The second kappa shape index (κ2) is 6.33. The Balaban J connectivity index is 1.64. The fourth-order valence-electron chi connectivity index (χ4n) is 3.49. The standard InChI is InChI=1S/C18H27N7S/c1-12(2)9-23-11-19-21-15(23)13-7-6-8-24(13)17-22-25-10-14(18(3,4)5)20-16(25)26-17/h10-13H,6-9H2,1-5H3. The zero-order chi connectivity index (χ0) is 18.5. The molecule has 140 valence electrons. The zero-order valence-corrected chi connectivity index (χ0v) is 17.0. The molecule has 8 heteroatoms. The normalized spacial score (nSPS) is 18.5. The number of aromatic nitrogens is 6. The van der Waals surface area contributed by atoms with Gasteiger partial charge >= 0.3 is 0 Å². The molecule has 0 aliphatic carbocycles. The van der Waals surface area contributed by atoms with Crippen LogP contribution in [0.25, 0.3) is 4.96 Å². The van der Waals surface area contributed by atoms with E-state index in [9.17, 15) is 0 Å². The van der Waals surface area contributed by atoms with Crippen molar-refractivity contribution in [3.05, 3.63) is 24.0 Å². The highest BCUT2D eigenvalue weighted by molar-refractivity contribution is 7.20. The average Bonchev–Trinajstić information content (AvgIpc) is 3.27. The first kappa shape index (κ1) is 17.5. The molecule has 0 amide bonds. The topological polar surface area (TPSA) is 64.1 Å². The molecule has 0 aromatic carbocycles. The Morgan fingerprint density at radius 3 is 2.81 bits per heavy atom. The van der Waals surface area contributed by atoms with Gasteiger partial charge in [-0.3, -0.25) is 0 Å². The van der Waals surface area contributed by atoms with Crippen LogP contribution in [-0.4, -0.2) is 35.9 Å². The molecule has 1 saturated heterocycles. The predicted octanol–water partition coefficient (Wildman–Crippen LogP) is 3.68. The Labute approximate surface area is 158 Å². The number of hydrogen-bond acceptors (Lipinski definition) is 6. The molecule has 0 N–H and O–H groups in total. The summed E-state index contributed by atoms with van der Waals surface area (Å²) in [5.41, 5.74) is 1.12. The number of nitrogens with zero attached hydrogens (tertiary/aromatic N) is 7. The van der Waals surface area contributed by atoms with Gasteiger partial charge in [0.15, 0.2) is 5.82 Å². The van der Waals surface area contributed by atoms with E-state index in [0.717, 1.165) is 47.5 Å². The van der Waals surface area contributed by atoms with Crippen molar-refractivity contribution in [2.75, 3.05) is 11.4 Å².